The van der Waals surface area contributed by atoms with Gasteiger partial charge in [-0.2, -0.15) is 0 Å². The number of carboxylic acid groups (broad SMARTS) is 1. The zero-order valence-corrected chi connectivity index (χ0v) is 16.6. The van der Waals surface area contributed by atoms with Crippen LogP contribution in [0.25, 0.3) is 11.4 Å². The highest BCUT2D eigenvalue weighted by molar-refractivity contribution is 7.10. The van der Waals surface area contributed by atoms with Gasteiger partial charge in [-0.05, 0) is 25.0 Å². The van der Waals surface area contributed by atoms with E-state index >= 15 is 0 Å². The number of carbonyl (C=O) groups excluding carboxylic acids is 2. The number of nitrogens with two attached hydrogens (primary N) is 2. The summed E-state index contributed by atoms with van der Waals surface area (Å²) in [5.41, 5.74) is 11.4. The number of rotatable bonds is 9. The number of carbonyl (C=O) groups is 3. The fraction of sp³-hybridized carbons (Fsp3) is 0.278. The number of anilines is 1. The Labute approximate surface area is 174 Å². The molecule has 1 aromatic heterocycles. The van der Waals surface area contributed by atoms with E-state index in [2.05, 4.69) is 15.3 Å². The number of carboxylic acids is 1. The van der Waals surface area contributed by atoms with Crippen LogP contribution in [-0.2, 0) is 22.6 Å². The largest absolute Gasteiger partial charge is 0.494 e. The zero-order chi connectivity index (χ0) is 21.8. The van der Waals surface area contributed by atoms with Crippen LogP contribution in [0.5, 0.6) is 5.88 Å². The normalized spacial score (nSPS) is 12.0. The van der Waals surface area contributed by atoms with Gasteiger partial charge >= 0.3 is 5.97 Å². The average molecular weight is 432 g/mol. The summed E-state index contributed by atoms with van der Waals surface area (Å²) in [6.07, 6.45) is 1.74. The summed E-state index contributed by atoms with van der Waals surface area (Å²) >= 11 is 1.33. The molecule has 3 rings (SSSR count). The summed E-state index contributed by atoms with van der Waals surface area (Å²) in [4.78, 5) is 43.5. The van der Waals surface area contributed by atoms with E-state index in [1.807, 2.05) is 0 Å². The second kappa shape index (κ2) is 8.78. The number of aromatic nitrogens is 3. The lowest BCUT2D eigenvalue weighted by atomic mass is 10.1. The zero-order valence-electron chi connectivity index (χ0n) is 15.7. The maximum Gasteiger partial charge on any atom is 0.326 e. The van der Waals surface area contributed by atoms with Crippen molar-refractivity contribution in [2.24, 2.45) is 5.73 Å². The minimum absolute atomic E-state index is 0.00234. The summed E-state index contributed by atoms with van der Waals surface area (Å²) in [5, 5.41) is 23.6. The lowest BCUT2D eigenvalue weighted by Crippen LogP contribution is -2.41. The Bertz CT molecular complexity index is 1060. The molecule has 0 unspecified atom stereocenters. The van der Waals surface area contributed by atoms with Crippen molar-refractivity contribution in [1.29, 1.82) is 0 Å². The lowest BCUT2D eigenvalue weighted by Gasteiger charge is -2.13. The number of nitrogens with zero attached hydrogens (tertiary/aromatic N) is 3. The minimum atomic E-state index is -1.24. The van der Waals surface area contributed by atoms with Crippen LogP contribution in [0, 0.1) is 0 Å². The number of aryl methyl sites for hydroxylation is 2. The Kier molecular flexibility index (Phi) is 6.16. The smallest absolute Gasteiger partial charge is 0.326 e. The first-order valence-electron chi connectivity index (χ1n) is 8.94. The number of aliphatic carboxylic acids is 1. The summed E-state index contributed by atoms with van der Waals surface area (Å²) in [6, 6.07) is 1.99. The molecular weight excluding hydrogens is 412 g/mol. The second-order valence-electron chi connectivity index (χ2n) is 6.60. The molecule has 2 aliphatic rings. The van der Waals surface area contributed by atoms with E-state index in [1.54, 1.807) is 22.1 Å². The molecule has 7 N–H and O–H groups in total. The maximum atomic E-state index is 12.3. The molecule has 0 bridgehead atoms. The van der Waals surface area contributed by atoms with Crippen molar-refractivity contribution < 1.29 is 24.6 Å². The van der Waals surface area contributed by atoms with Crippen LogP contribution >= 0.6 is 11.3 Å². The van der Waals surface area contributed by atoms with E-state index < -0.39 is 23.8 Å². The van der Waals surface area contributed by atoms with Crippen LogP contribution in [-0.4, -0.2) is 48.6 Å². The molecule has 0 radical (unpaired) electrons. The summed E-state index contributed by atoms with van der Waals surface area (Å²) in [5.74, 6) is -1.79. The Hall–Kier alpha value is -3.67. The van der Waals surface area contributed by atoms with Crippen molar-refractivity contribution in [1.82, 2.24) is 19.9 Å². The van der Waals surface area contributed by atoms with E-state index in [9.17, 15) is 24.6 Å². The molecule has 3 heterocycles. The van der Waals surface area contributed by atoms with Gasteiger partial charge in [-0.15, -0.1) is 11.3 Å². The number of hydrogen-bond acceptors (Lipinski definition) is 8. The van der Waals surface area contributed by atoms with Gasteiger partial charge in [0, 0.05) is 23.2 Å². The van der Waals surface area contributed by atoms with Gasteiger partial charge in [-0.3, -0.25) is 9.59 Å². The van der Waals surface area contributed by atoms with Crippen LogP contribution in [0.15, 0.2) is 23.8 Å². The Morgan fingerprint density at radius 3 is 2.77 bits per heavy atom. The van der Waals surface area contributed by atoms with Crippen molar-refractivity contribution in [2.45, 2.75) is 31.8 Å². The van der Waals surface area contributed by atoms with Crippen molar-refractivity contribution in [2.75, 3.05) is 5.73 Å². The molecule has 0 aliphatic carbocycles. The molecule has 30 heavy (non-hydrogen) atoms. The Morgan fingerprint density at radius 2 is 2.07 bits per heavy atom. The van der Waals surface area contributed by atoms with Crippen LogP contribution in [0.3, 0.4) is 0 Å². The number of nitrogen functional groups attached to an aromatic ring is 1. The van der Waals surface area contributed by atoms with Gasteiger partial charge in [0.15, 0.2) is 5.82 Å². The summed E-state index contributed by atoms with van der Waals surface area (Å²) in [7, 11) is 0. The van der Waals surface area contributed by atoms with Crippen molar-refractivity contribution >= 4 is 34.9 Å². The van der Waals surface area contributed by atoms with E-state index in [-0.39, 0.29) is 24.5 Å². The molecule has 0 saturated carbocycles. The fourth-order valence-electron chi connectivity index (χ4n) is 2.83. The number of fused-ring (bicyclic) bond motifs is 1. The van der Waals surface area contributed by atoms with E-state index in [1.165, 1.54) is 17.7 Å². The van der Waals surface area contributed by atoms with Crippen molar-refractivity contribution in [3.63, 3.8) is 0 Å². The third-order valence-corrected chi connectivity index (χ3v) is 5.39. The molecule has 1 atom stereocenters. The number of hydrogen-bond donors (Lipinski definition) is 5. The van der Waals surface area contributed by atoms with Gasteiger partial charge in [0.05, 0.1) is 17.5 Å². The number of primary amides is 1. The van der Waals surface area contributed by atoms with Crippen molar-refractivity contribution in [3.8, 4) is 17.3 Å². The monoisotopic (exact) mass is 432 g/mol. The van der Waals surface area contributed by atoms with Gasteiger partial charge in [-0.25, -0.2) is 14.8 Å². The van der Waals surface area contributed by atoms with Gasteiger partial charge in [-0.1, -0.05) is 0 Å². The number of aromatic hydroxyl groups is 1. The molecule has 2 aliphatic heterocycles. The first-order chi connectivity index (χ1) is 14.2. The first-order valence-corrected chi connectivity index (χ1v) is 9.82. The summed E-state index contributed by atoms with van der Waals surface area (Å²) < 4.78 is 1.55. The molecule has 0 spiro atoms. The highest BCUT2D eigenvalue weighted by Gasteiger charge is 2.22. The van der Waals surface area contributed by atoms with Gasteiger partial charge < -0.3 is 31.6 Å². The minimum Gasteiger partial charge on any atom is -0.494 e. The number of thiophene rings is 1. The second-order valence-corrected chi connectivity index (χ2v) is 7.60. The summed E-state index contributed by atoms with van der Waals surface area (Å²) in [6.45, 7) is 0.401. The predicted molar refractivity (Wildman–Crippen MR) is 108 cm³/mol. The SMILES string of the molecule is NC(=O)CC[C@H](NC(=O)c1csc(CCn2cnc3nc(N)cc-3c2O)c1)C(=O)O. The molecule has 158 valence electrons. The van der Waals surface area contributed by atoms with Crippen LogP contribution < -0.4 is 16.8 Å². The topological polar surface area (TPSA) is 186 Å². The number of amides is 2. The van der Waals surface area contributed by atoms with Crippen LogP contribution in [0.4, 0.5) is 5.82 Å². The molecule has 11 nitrogen and oxygen atoms in total. The Balaban J connectivity index is 1.63. The van der Waals surface area contributed by atoms with E-state index in [4.69, 9.17) is 11.5 Å². The predicted octanol–water partition coefficient (Wildman–Crippen LogP) is 0.423. The third-order valence-electron chi connectivity index (χ3n) is 4.40. The Morgan fingerprint density at radius 1 is 1.30 bits per heavy atom. The quantitative estimate of drug-likeness (QED) is 0.322. The molecular formula is C18H20N6O5S. The molecule has 12 heteroatoms. The molecule has 0 aromatic carbocycles. The highest BCUT2D eigenvalue weighted by atomic mass is 32.1. The van der Waals surface area contributed by atoms with Crippen molar-refractivity contribution in [3.05, 3.63) is 34.3 Å². The molecule has 0 saturated heterocycles. The lowest BCUT2D eigenvalue weighted by molar-refractivity contribution is -0.139. The first kappa shape index (κ1) is 21.0. The van der Waals surface area contributed by atoms with Crippen LogP contribution in [0.2, 0.25) is 0 Å². The van der Waals surface area contributed by atoms with Gasteiger partial charge in [0.1, 0.15) is 11.9 Å². The molecule has 2 amide bonds. The van der Waals surface area contributed by atoms with Crippen LogP contribution in [0.1, 0.15) is 28.1 Å². The van der Waals surface area contributed by atoms with E-state index in [0.717, 1.165) is 4.88 Å². The molecule has 1 aromatic rings. The third kappa shape index (κ3) is 4.84. The highest BCUT2D eigenvalue weighted by Crippen LogP contribution is 2.30. The van der Waals surface area contributed by atoms with E-state index in [0.29, 0.717) is 29.9 Å². The standard InChI is InChI=1S/C18H20N6O5S/c19-13-6-11-15(23-13)21-8-24(17(11)27)4-3-10-5-9(7-30-10)16(26)22-12(18(28)29)1-2-14(20)25/h5-8,12,27H,1-4,19H2,(H2,20,25)(H,22,26)(H,28,29)/t12-/m0/s1. The molecule has 0 fully saturated rings. The fourth-order valence-corrected chi connectivity index (χ4v) is 3.69. The van der Waals surface area contributed by atoms with Gasteiger partial charge in [0.2, 0.25) is 11.8 Å². The number of nitrogens with one attached hydrogen (secondary N) is 1. The maximum absolute atomic E-state index is 12.3. The van der Waals surface area contributed by atoms with Gasteiger partial charge in [0.25, 0.3) is 5.91 Å². The average Bonchev–Trinajstić information content (AvgIpc) is 3.30.